The van der Waals surface area contributed by atoms with Crippen LogP contribution in [-0.2, 0) is 27.3 Å². The second-order valence-corrected chi connectivity index (χ2v) is 17.7. The van der Waals surface area contributed by atoms with Crippen LogP contribution in [0.4, 0.5) is 4.79 Å². The van der Waals surface area contributed by atoms with E-state index < -0.39 is 5.60 Å². The van der Waals surface area contributed by atoms with Crippen LogP contribution in [0.5, 0.6) is 5.88 Å². The van der Waals surface area contributed by atoms with E-state index in [2.05, 4.69) is 27.7 Å². The van der Waals surface area contributed by atoms with E-state index in [4.69, 9.17) is 42.6 Å². The maximum absolute atomic E-state index is 13.7. The molecule has 57 heavy (non-hydrogen) atoms. The fraction of sp³-hybridized carbons (Fsp3) is 0.432. The molecule has 4 aliphatic rings. The molecule has 2 N–H and O–H groups in total. The number of fused-ring (bicyclic) bond motifs is 1. The number of ether oxygens (including phenoxy) is 2. The molecule has 298 valence electrons. The van der Waals surface area contributed by atoms with Gasteiger partial charge in [-0.05, 0) is 75.8 Å². The van der Waals surface area contributed by atoms with Gasteiger partial charge >= 0.3 is 6.09 Å². The lowest BCUT2D eigenvalue weighted by molar-refractivity contribution is -0.121. The first-order valence-corrected chi connectivity index (χ1v) is 20.4. The van der Waals surface area contributed by atoms with Crippen molar-refractivity contribution in [2.75, 3.05) is 33.3 Å². The summed E-state index contributed by atoms with van der Waals surface area (Å²) in [7, 11) is 1.62. The minimum Gasteiger partial charge on any atom is -0.481 e. The summed E-state index contributed by atoms with van der Waals surface area (Å²) in [4.78, 5) is 51.2. The number of likely N-dealkylation sites (tertiary alicyclic amines) is 1. The van der Waals surface area contributed by atoms with E-state index in [-0.39, 0.29) is 35.4 Å². The van der Waals surface area contributed by atoms with Gasteiger partial charge in [0, 0.05) is 91.0 Å². The lowest BCUT2D eigenvalue weighted by Gasteiger charge is -2.47. The zero-order valence-electron chi connectivity index (χ0n) is 32.8. The number of nitrogens with one attached hydrogen (secondary N) is 2. The van der Waals surface area contributed by atoms with Crippen LogP contribution in [-0.4, -0.2) is 82.6 Å². The molecule has 2 aromatic carbocycles. The third-order valence-electron chi connectivity index (χ3n) is 11.5. The highest BCUT2D eigenvalue weighted by Crippen LogP contribution is 2.44. The molecule has 2 atom stereocenters. The maximum atomic E-state index is 13.7. The molecule has 2 aromatic heterocycles. The largest absolute Gasteiger partial charge is 0.481 e. The molecule has 0 bridgehead atoms. The van der Waals surface area contributed by atoms with Gasteiger partial charge in [0.2, 0.25) is 17.7 Å². The number of pyridine rings is 2. The number of benzene rings is 2. The van der Waals surface area contributed by atoms with E-state index in [0.717, 1.165) is 77.8 Å². The third kappa shape index (κ3) is 8.07. The number of methoxy groups -OCH3 is 1. The highest BCUT2D eigenvalue weighted by molar-refractivity contribution is 6.39. The van der Waals surface area contributed by atoms with Crippen molar-refractivity contribution in [1.82, 2.24) is 30.4 Å². The predicted octanol–water partition coefficient (Wildman–Crippen LogP) is 8.01. The first-order chi connectivity index (χ1) is 27.3. The summed E-state index contributed by atoms with van der Waals surface area (Å²) in [5, 5.41) is 6.97. The van der Waals surface area contributed by atoms with Crippen molar-refractivity contribution in [3.63, 3.8) is 0 Å². The van der Waals surface area contributed by atoms with Crippen molar-refractivity contribution in [2.24, 2.45) is 5.41 Å². The van der Waals surface area contributed by atoms with Crippen LogP contribution in [0.3, 0.4) is 0 Å². The van der Waals surface area contributed by atoms with Crippen molar-refractivity contribution >= 4 is 41.1 Å². The minimum absolute atomic E-state index is 0.0118. The topological polar surface area (TPSA) is 126 Å². The van der Waals surface area contributed by atoms with Gasteiger partial charge in [0.05, 0.1) is 34.6 Å². The number of nitrogens with zero attached hydrogens (tertiary/aromatic N) is 4. The monoisotopic (exact) mass is 810 g/mol. The maximum Gasteiger partial charge on any atom is 0.410 e. The molecule has 3 amide bonds. The molecule has 5 heterocycles. The summed E-state index contributed by atoms with van der Waals surface area (Å²) in [6, 6.07) is 17.6. The second-order valence-electron chi connectivity index (χ2n) is 16.9. The van der Waals surface area contributed by atoms with Crippen molar-refractivity contribution < 1.29 is 23.9 Å². The highest BCUT2D eigenvalue weighted by atomic mass is 35.5. The molecular weight excluding hydrogens is 763 g/mol. The molecule has 4 aromatic rings. The first kappa shape index (κ1) is 39.1. The van der Waals surface area contributed by atoms with Crippen molar-refractivity contribution in [2.45, 2.75) is 83.5 Å². The van der Waals surface area contributed by atoms with Crippen LogP contribution in [0.1, 0.15) is 75.6 Å². The normalized spacial score (nSPS) is 20.1. The molecule has 0 unspecified atom stereocenters. The number of halogens is 2. The molecule has 3 aliphatic heterocycles. The van der Waals surface area contributed by atoms with Gasteiger partial charge in [-0.15, -0.1) is 0 Å². The Morgan fingerprint density at radius 3 is 2.49 bits per heavy atom. The van der Waals surface area contributed by atoms with Gasteiger partial charge in [-0.25, -0.2) is 9.78 Å². The Morgan fingerprint density at radius 2 is 1.77 bits per heavy atom. The van der Waals surface area contributed by atoms with Gasteiger partial charge in [0.25, 0.3) is 0 Å². The summed E-state index contributed by atoms with van der Waals surface area (Å²) in [6.07, 6.45) is 5.62. The molecular formula is C44H48Cl2N6O5. The molecule has 0 radical (unpaired) electrons. The molecule has 3 saturated heterocycles. The summed E-state index contributed by atoms with van der Waals surface area (Å²) in [6.45, 7) is 9.13. The van der Waals surface area contributed by atoms with Crippen molar-refractivity contribution in [3.05, 3.63) is 87.5 Å². The quantitative estimate of drug-likeness (QED) is 0.174. The summed E-state index contributed by atoms with van der Waals surface area (Å²) >= 11 is 14.4. The number of amides is 3. The van der Waals surface area contributed by atoms with Crippen molar-refractivity contribution in [1.29, 1.82) is 0 Å². The number of rotatable bonds is 9. The lowest BCUT2D eigenvalue weighted by atomic mass is 9.79. The molecule has 3 fully saturated rings. The minimum atomic E-state index is -0.657. The van der Waals surface area contributed by atoms with Crippen molar-refractivity contribution in [3.8, 4) is 39.5 Å². The summed E-state index contributed by atoms with van der Waals surface area (Å²) < 4.78 is 11.6. The number of aromatic nitrogens is 2. The number of hydrogen-bond acceptors (Lipinski definition) is 8. The zero-order valence-corrected chi connectivity index (χ0v) is 34.3. The Hall–Kier alpha value is -4.71. The average Bonchev–Trinajstić information content (AvgIpc) is 3.77. The van der Waals surface area contributed by atoms with E-state index in [1.54, 1.807) is 18.2 Å². The molecule has 11 nitrogen and oxygen atoms in total. The first-order valence-electron chi connectivity index (χ1n) is 19.7. The van der Waals surface area contributed by atoms with E-state index in [1.165, 1.54) is 0 Å². The predicted molar refractivity (Wildman–Crippen MR) is 220 cm³/mol. The SMILES string of the molecule is COc1nc(-c2cccc(-c3ccnc(-c4ccc5c(c4)CCC[C@H]5N(C[C@@H]4CCC(=O)N4)C(=O)OC(C)(C)C)c3Cl)c2Cl)ccc1CN1CC2(CNC(=O)C2)C1. The Morgan fingerprint density at radius 1 is 0.982 bits per heavy atom. The van der Waals surface area contributed by atoms with E-state index >= 15 is 0 Å². The molecule has 1 spiro atoms. The summed E-state index contributed by atoms with van der Waals surface area (Å²) in [5.41, 5.74) is 6.97. The molecule has 0 saturated carbocycles. The van der Waals surface area contributed by atoms with Gasteiger partial charge < -0.3 is 20.1 Å². The fourth-order valence-corrected chi connectivity index (χ4v) is 9.55. The number of carbonyl (C=O) groups excluding carboxylic acids is 3. The Labute approximate surface area is 343 Å². The zero-order chi connectivity index (χ0) is 40.1. The van der Waals surface area contributed by atoms with Crippen LogP contribution in [0.15, 0.2) is 60.8 Å². The van der Waals surface area contributed by atoms with Gasteiger partial charge in [-0.3, -0.25) is 24.4 Å². The summed E-state index contributed by atoms with van der Waals surface area (Å²) in [5.74, 6) is 0.680. The average molecular weight is 812 g/mol. The third-order valence-corrected chi connectivity index (χ3v) is 12.3. The van der Waals surface area contributed by atoms with E-state index in [1.807, 2.05) is 63.2 Å². The van der Waals surface area contributed by atoms with Crippen LogP contribution < -0.4 is 15.4 Å². The second kappa shape index (κ2) is 15.6. The standard InChI is InChI=1S/C44H48Cl2N6O5/c1-43(2,3)57-42(55)52(22-29-13-16-36(53)49-29)35-10-5-7-26-19-27(11-14-30(26)35)40-39(46)32(17-18-47-40)31-8-6-9-33(38(31)45)34-15-12-28(41(50-34)56-4)21-51-24-44(25-51)20-37(54)48-23-44/h6,8-9,11-12,14-15,17-19,29,35H,5,7,10,13,16,20-25H2,1-4H3,(H,48,54)(H,49,53)/t29-,35+/m0/s1. The van der Waals surface area contributed by atoms with Gasteiger partial charge in [0.15, 0.2) is 0 Å². The number of carbonyl (C=O) groups is 3. The Bertz CT molecular complexity index is 2240. The van der Waals surface area contributed by atoms with Gasteiger partial charge in [0.1, 0.15) is 5.60 Å². The lowest BCUT2D eigenvalue weighted by Crippen LogP contribution is -2.56. The Kier molecular flexibility index (Phi) is 10.7. The Balaban J connectivity index is 1.05. The van der Waals surface area contributed by atoms with Crippen LogP contribution in [0.2, 0.25) is 10.0 Å². The fourth-order valence-electron chi connectivity index (χ4n) is 8.90. The number of aryl methyl sites for hydroxylation is 1. The van der Waals surface area contributed by atoms with Crippen LogP contribution in [0, 0.1) is 5.41 Å². The van der Waals surface area contributed by atoms with Gasteiger partial charge in [-0.2, -0.15) is 0 Å². The van der Waals surface area contributed by atoms with Gasteiger partial charge in [-0.1, -0.05) is 59.6 Å². The van der Waals surface area contributed by atoms with Crippen LogP contribution in [0.25, 0.3) is 33.6 Å². The molecule has 1 aliphatic carbocycles. The highest BCUT2D eigenvalue weighted by Gasteiger charge is 2.48. The molecule has 13 heteroatoms. The smallest absolute Gasteiger partial charge is 0.410 e. The van der Waals surface area contributed by atoms with E-state index in [0.29, 0.717) is 59.7 Å². The number of hydrogen-bond donors (Lipinski definition) is 2. The van der Waals surface area contributed by atoms with E-state index in [9.17, 15) is 14.4 Å². The van der Waals surface area contributed by atoms with Crippen LogP contribution >= 0.6 is 23.2 Å². The molecule has 8 rings (SSSR count).